The van der Waals surface area contributed by atoms with E-state index >= 15 is 0 Å². The van der Waals surface area contributed by atoms with Crippen molar-refractivity contribution in [3.63, 3.8) is 0 Å². The molecule has 3 aromatic rings. The van der Waals surface area contributed by atoms with Crippen molar-refractivity contribution in [3.8, 4) is 11.8 Å². The Morgan fingerprint density at radius 1 is 1.13 bits per heavy atom. The number of phenolic OH excluding ortho intramolecular Hbond substituents is 1. The zero-order valence-electron chi connectivity index (χ0n) is 22.5. The molecule has 39 heavy (non-hydrogen) atoms. The number of carbonyl (C=O) groups is 1. The Morgan fingerprint density at radius 2 is 1.95 bits per heavy atom. The molecule has 3 aliphatic heterocycles. The van der Waals surface area contributed by atoms with Crippen LogP contribution in [0.25, 0.3) is 10.8 Å². The largest absolute Gasteiger partial charge is 0.508 e. The smallest absolute Gasteiger partial charge is 0.318 e. The van der Waals surface area contributed by atoms with E-state index in [0.717, 1.165) is 64.7 Å². The van der Waals surface area contributed by atoms with Gasteiger partial charge >= 0.3 is 6.01 Å². The van der Waals surface area contributed by atoms with Gasteiger partial charge in [-0.3, -0.25) is 4.79 Å². The van der Waals surface area contributed by atoms with Crippen LogP contribution in [0.2, 0.25) is 0 Å². The maximum Gasteiger partial charge on any atom is 0.318 e. The summed E-state index contributed by atoms with van der Waals surface area (Å²) >= 11 is 0. The first-order valence-corrected chi connectivity index (χ1v) is 14.3. The van der Waals surface area contributed by atoms with Crippen molar-refractivity contribution in [1.29, 1.82) is 0 Å². The molecule has 0 unspecified atom stereocenters. The van der Waals surface area contributed by atoms with Crippen molar-refractivity contribution in [2.24, 2.45) is 5.92 Å². The number of hydrogen-bond donors (Lipinski definition) is 2. The van der Waals surface area contributed by atoms with Crippen molar-refractivity contribution < 1.29 is 19.0 Å². The van der Waals surface area contributed by atoms with Gasteiger partial charge in [-0.1, -0.05) is 25.8 Å². The fourth-order valence-corrected chi connectivity index (χ4v) is 6.23. The van der Waals surface area contributed by atoms with Crippen molar-refractivity contribution >= 4 is 28.2 Å². The lowest BCUT2D eigenvalue weighted by atomic mass is 9.99. The van der Waals surface area contributed by atoms with Gasteiger partial charge in [0, 0.05) is 37.0 Å². The van der Waals surface area contributed by atoms with Crippen LogP contribution in [0.5, 0.6) is 11.8 Å². The van der Waals surface area contributed by atoms with E-state index in [1.165, 1.54) is 6.07 Å². The van der Waals surface area contributed by atoms with E-state index in [1.807, 2.05) is 6.92 Å². The lowest BCUT2D eigenvalue weighted by molar-refractivity contribution is 0.0997. The highest BCUT2D eigenvalue weighted by molar-refractivity contribution is 6.16. The number of benzene rings is 2. The molecule has 9 heteroatoms. The van der Waals surface area contributed by atoms with E-state index in [1.54, 1.807) is 23.1 Å². The number of hydrogen-bond acceptors (Lipinski definition) is 7. The standard InChI is InChI=1S/C30H36FN5O3/c1-2-22-23(31)10-9-20-14-21(37)15-25(26(20)22)36-17-24-27(29(36)38)28(35-12-5-3-4-6-13-35)34-30(33-24)39-18-19-8-7-11-32-16-19/h9-10,14-15,19,32,37H,2-8,11-13,16-18H2,1H3/t19-/m1/s1. The van der Waals surface area contributed by atoms with Crippen LogP contribution in [0.15, 0.2) is 24.3 Å². The number of ether oxygens (including phenoxy) is 1. The molecule has 2 aromatic carbocycles. The number of carbonyl (C=O) groups excluding carboxylic acids is 1. The lowest BCUT2D eigenvalue weighted by Crippen LogP contribution is -2.33. The van der Waals surface area contributed by atoms with E-state index in [0.29, 0.717) is 64.1 Å². The molecule has 3 aliphatic rings. The summed E-state index contributed by atoms with van der Waals surface area (Å²) < 4.78 is 21.0. The summed E-state index contributed by atoms with van der Waals surface area (Å²) in [5.41, 5.74) is 2.10. The maximum atomic E-state index is 14.9. The zero-order valence-corrected chi connectivity index (χ0v) is 22.5. The second-order valence-corrected chi connectivity index (χ2v) is 10.9. The van der Waals surface area contributed by atoms with Crippen LogP contribution in [0.1, 0.15) is 67.1 Å². The number of nitrogens with zero attached hydrogens (tertiary/aromatic N) is 4. The number of anilines is 2. The summed E-state index contributed by atoms with van der Waals surface area (Å²) in [6, 6.07) is 6.53. The number of aryl methyl sites for hydroxylation is 1. The van der Waals surface area contributed by atoms with Gasteiger partial charge in [0.25, 0.3) is 5.91 Å². The van der Waals surface area contributed by atoms with E-state index in [2.05, 4.69) is 10.2 Å². The predicted molar refractivity (Wildman–Crippen MR) is 149 cm³/mol. The van der Waals surface area contributed by atoms with Gasteiger partial charge in [0.2, 0.25) is 0 Å². The Balaban J connectivity index is 1.41. The summed E-state index contributed by atoms with van der Waals surface area (Å²) in [5.74, 6) is 0.497. The molecule has 1 amide bonds. The summed E-state index contributed by atoms with van der Waals surface area (Å²) in [5, 5.41) is 15.3. The van der Waals surface area contributed by atoms with Crippen molar-refractivity contribution in [1.82, 2.24) is 15.3 Å². The van der Waals surface area contributed by atoms with Gasteiger partial charge in [0.05, 0.1) is 24.5 Å². The molecule has 0 radical (unpaired) electrons. The highest BCUT2D eigenvalue weighted by Crippen LogP contribution is 2.41. The third-order valence-electron chi connectivity index (χ3n) is 8.24. The summed E-state index contributed by atoms with van der Waals surface area (Å²) in [6.45, 7) is 6.22. The monoisotopic (exact) mass is 533 g/mol. The Kier molecular flexibility index (Phi) is 7.25. The summed E-state index contributed by atoms with van der Waals surface area (Å²) in [6.07, 6.45) is 7.07. The van der Waals surface area contributed by atoms with Crippen LogP contribution in [0.3, 0.4) is 0 Å². The molecule has 0 saturated carbocycles. The molecule has 8 nitrogen and oxygen atoms in total. The minimum atomic E-state index is -0.320. The van der Waals surface area contributed by atoms with Crippen molar-refractivity contribution in [2.75, 3.05) is 42.6 Å². The Hall–Kier alpha value is -3.46. The average Bonchev–Trinajstić information content (AvgIpc) is 3.10. The molecule has 1 aromatic heterocycles. The van der Waals surface area contributed by atoms with E-state index < -0.39 is 0 Å². The number of fused-ring (bicyclic) bond motifs is 2. The Labute approximate surface area is 228 Å². The van der Waals surface area contributed by atoms with Gasteiger partial charge in [-0.15, -0.1) is 0 Å². The number of rotatable bonds is 6. The quantitative estimate of drug-likeness (QED) is 0.463. The molecule has 0 spiro atoms. The maximum absolute atomic E-state index is 14.9. The fraction of sp³-hybridized carbons (Fsp3) is 0.500. The molecular formula is C30H36FN5O3. The van der Waals surface area contributed by atoms with Gasteiger partial charge < -0.3 is 25.0 Å². The molecule has 2 fully saturated rings. The lowest BCUT2D eigenvalue weighted by Gasteiger charge is -2.25. The number of nitrogens with one attached hydrogen (secondary N) is 1. The molecule has 0 bridgehead atoms. The first-order valence-electron chi connectivity index (χ1n) is 14.3. The third-order valence-corrected chi connectivity index (χ3v) is 8.24. The van der Waals surface area contributed by atoms with Crippen LogP contribution in [0.4, 0.5) is 15.9 Å². The molecule has 1 atom stereocenters. The SMILES string of the molecule is CCc1c(F)ccc2cc(O)cc(N3Cc4nc(OC[C@@H]5CCCNC5)nc(N5CCCCCC5)c4C3=O)c12. The molecule has 4 heterocycles. The van der Waals surface area contributed by atoms with Gasteiger partial charge in [-0.25, -0.2) is 4.39 Å². The van der Waals surface area contributed by atoms with Gasteiger partial charge in [0.15, 0.2) is 0 Å². The Bertz CT molecular complexity index is 1380. The van der Waals surface area contributed by atoms with E-state index in [-0.39, 0.29) is 24.0 Å². The number of amides is 1. The average molecular weight is 534 g/mol. The van der Waals surface area contributed by atoms with E-state index in [9.17, 15) is 14.3 Å². The Morgan fingerprint density at radius 3 is 2.69 bits per heavy atom. The predicted octanol–water partition coefficient (Wildman–Crippen LogP) is 4.96. The van der Waals surface area contributed by atoms with E-state index in [4.69, 9.17) is 14.7 Å². The first kappa shape index (κ1) is 25.8. The number of phenols is 1. The second-order valence-electron chi connectivity index (χ2n) is 10.9. The van der Waals surface area contributed by atoms with Crippen molar-refractivity contribution in [3.05, 3.63) is 46.9 Å². The minimum absolute atomic E-state index is 0.0267. The highest BCUT2D eigenvalue weighted by atomic mass is 19.1. The van der Waals surface area contributed by atoms with Gasteiger partial charge in [-0.2, -0.15) is 9.97 Å². The number of aromatic hydroxyl groups is 1. The van der Waals surface area contributed by atoms with Gasteiger partial charge in [0.1, 0.15) is 22.9 Å². The number of halogens is 1. The highest BCUT2D eigenvalue weighted by Gasteiger charge is 2.37. The normalized spacial score (nSPS) is 19.8. The molecule has 2 saturated heterocycles. The van der Waals surface area contributed by atoms with Crippen LogP contribution in [-0.2, 0) is 13.0 Å². The first-order chi connectivity index (χ1) is 19.0. The topological polar surface area (TPSA) is 90.8 Å². The molecule has 2 N–H and O–H groups in total. The summed E-state index contributed by atoms with van der Waals surface area (Å²) in [7, 11) is 0. The summed E-state index contributed by atoms with van der Waals surface area (Å²) in [4.78, 5) is 27.4. The van der Waals surface area contributed by atoms with Crippen LogP contribution in [0, 0.1) is 11.7 Å². The minimum Gasteiger partial charge on any atom is -0.508 e. The van der Waals surface area contributed by atoms with Crippen LogP contribution in [-0.4, -0.2) is 53.8 Å². The second kappa shape index (κ2) is 11.0. The van der Waals surface area contributed by atoms with Gasteiger partial charge in [-0.05, 0) is 61.7 Å². The number of aromatic nitrogens is 2. The third kappa shape index (κ3) is 5.00. The molecular weight excluding hydrogens is 497 g/mol. The molecule has 6 rings (SSSR count). The van der Waals surface area contributed by atoms with Crippen LogP contribution < -0.4 is 19.9 Å². The van der Waals surface area contributed by atoms with Crippen LogP contribution >= 0.6 is 0 Å². The zero-order chi connectivity index (χ0) is 26.9. The number of piperidine rings is 1. The fourth-order valence-electron chi connectivity index (χ4n) is 6.23. The molecule has 0 aliphatic carbocycles. The van der Waals surface area contributed by atoms with Crippen molar-refractivity contribution in [2.45, 2.75) is 58.4 Å². The molecule has 206 valence electrons.